The molecule has 0 N–H and O–H groups in total. The normalized spacial score (nSPS) is 13.8. The number of imidazole rings is 1. The number of rotatable bonds is 3. The van der Waals surface area contributed by atoms with Gasteiger partial charge in [0.1, 0.15) is 5.69 Å². The highest BCUT2D eigenvalue weighted by atomic mass is 16.6. The summed E-state index contributed by atoms with van der Waals surface area (Å²) in [5.41, 5.74) is 2.82. The Morgan fingerprint density at radius 1 is 1.33 bits per heavy atom. The number of Topliss-reactive ketones (excluding diaryl/α,β-unsaturated/α-hetero) is 1. The van der Waals surface area contributed by atoms with Gasteiger partial charge in [0.05, 0.1) is 16.9 Å². The maximum atomic E-state index is 11.4. The molecule has 0 radical (unpaired) electrons. The molecular formula is C15H15N3O3. The molecule has 21 heavy (non-hydrogen) atoms. The highest BCUT2D eigenvalue weighted by Crippen LogP contribution is 2.29. The summed E-state index contributed by atoms with van der Waals surface area (Å²) in [6.07, 6.45) is 5.61. The number of ketones is 1. The number of aromatic nitrogens is 2. The summed E-state index contributed by atoms with van der Waals surface area (Å²) >= 11 is 0. The van der Waals surface area contributed by atoms with Gasteiger partial charge in [0.25, 0.3) is 5.69 Å². The van der Waals surface area contributed by atoms with Crippen molar-refractivity contribution >= 4 is 11.5 Å². The Hall–Kier alpha value is -2.50. The van der Waals surface area contributed by atoms with E-state index in [2.05, 4.69) is 4.98 Å². The number of hydrogen-bond acceptors (Lipinski definition) is 4. The molecular weight excluding hydrogens is 270 g/mol. The average Bonchev–Trinajstić information content (AvgIpc) is 2.90. The molecule has 1 heterocycles. The summed E-state index contributed by atoms with van der Waals surface area (Å²) in [4.78, 5) is 26.6. The van der Waals surface area contributed by atoms with Crippen LogP contribution in [0.4, 0.5) is 5.69 Å². The zero-order valence-corrected chi connectivity index (χ0v) is 11.7. The van der Waals surface area contributed by atoms with Gasteiger partial charge in [-0.05, 0) is 44.7 Å². The van der Waals surface area contributed by atoms with Crippen LogP contribution < -0.4 is 0 Å². The summed E-state index contributed by atoms with van der Waals surface area (Å²) in [7, 11) is 0. The molecule has 1 aliphatic carbocycles. The first-order valence-corrected chi connectivity index (χ1v) is 6.93. The third kappa shape index (κ3) is 2.33. The van der Waals surface area contributed by atoms with Gasteiger partial charge in [0.2, 0.25) is 0 Å². The Kier molecular flexibility index (Phi) is 3.29. The minimum atomic E-state index is -0.447. The smallest absolute Gasteiger partial charge is 0.293 e. The molecule has 0 unspecified atom stereocenters. The fourth-order valence-electron chi connectivity index (χ4n) is 2.77. The van der Waals surface area contributed by atoms with Gasteiger partial charge in [-0.3, -0.25) is 19.5 Å². The molecule has 3 rings (SSSR count). The van der Waals surface area contributed by atoms with E-state index in [1.165, 1.54) is 13.0 Å². The van der Waals surface area contributed by atoms with E-state index >= 15 is 0 Å². The molecule has 0 bridgehead atoms. The second-order valence-electron chi connectivity index (χ2n) is 5.23. The van der Waals surface area contributed by atoms with Crippen molar-refractivity contribution in [2.45, 2.75) is 32.6 Å². The van der Waals surface area contributed by atoms with Crippen molar-refractivity contribution in [1.82, 2.24) is 9.55 Å². The molecule has 6 heteroatoms. The summed E-state index contributed by atoms with van der Waals surface area (Å²) in [6.45, 7) is 1.40. The predicted octanol–water partition coefficient (Wildman–Crippen LogP) is 2.86. The van der Waals surface area contributed by atoms with E-state index in [9.17, 15) is 14.9 Å². The molecule has 1 aromatic carbocycles. The lowest BCUT2D eigenvalue weighted by molar-refractivity contribution is -0.384. The molecule has 0 atom stereocenters. The third-order valence-corrected chi connectivity index (χ3v) is 3.87. The number of nitrogens with zero attached hydrogens (tertiary/aromatic N) is 3. The predicted molar refractivity (Wildman–Crippen MR) is 76.9 cm³/mol. The van der Waals surface area contributed by atoms with Crippen LogP contribution in [-0.4, -0.2) is 20.3 Å². The van der Waals surface area contributed by atoms with E-state index in [-0.39, 0.29) is 11.5 Å². The zero-order chi connectivity index (χ0) is 15.0. The van der Waals surface area contributed by atoms with Crippen LogP contribution >= 0.6 is 0 Å². The number of carbonyl (C=O) groups is 1. The van der Waals surface area contributed by atoms with Crippen molar-refractivity contribution in [2.75, 3.05) is 0 Å². The lowest BCUT2D eigenvalue weighted by Gasteiger charge is -2.14. The minimum Gasteiger partial charge on any atom is -0.297 e. The topological polar surface area (TPSA) is 78.0 Å². The number of hydrogen-bond donors (Lipinski definition) is 0. The van der Waals surface area contributed by atoms with E-state index in [0.29, 0.717) is 11.3 Å². The van der Waals surface area contributed by atoms with Gasteiger partial charge in [-0.25, -0.2) is 4.98 Å². The Labute approximate surface area is 121 Å². The molecule has 6 nitrogen and oxygen atoms in total. The van der Waals surface area contributed by atoms with Crippen LogP contribution in [-0.2, 0) is 12.8 Å². The fraction of sp³-hybridized carbons (Fsp3) is 0.333. The Bertz CT molecular complexity index is 734. The van der Waals surface area contributed by atoms with Crippen LogP contribution in [0.5, 0.6) is 0 Å². The highest BCUT2D eigenvalue weighted by Gasteiger charge is 2.22. The van der Waals surface area contributed by atoms with E-state index in [0.717, 1.165) is 37.1 Å². The second-order valence-corrected chi connectivity index (χ2v) is 5.23. The van der Waals surface area contributed by atoms with Crippen molar-refractivity contribution < 1.29 is 9.72 Å². The van der Waals surface area contributed by atoms with Crippen LogP contribution in [0.25, 0.3) is 5.69 Å². The van der Waals surface area contributed by atoms with Crippen LogP contribution in [0.1, 0.15) is 41.5 Å². The van der Waals surface area contributed by atoms with Crippen molar-refractivity contribution in [2.24, 2.45) is 0 Å². The molecule has 1 aliphatic rings. The first-order chi connectivity index (χ1) is 10.1. The van der Waals surface area contributed by atoms with Gasteiger partial charge in [0.15, 0.2) is 5.78 Å². The molecule has 0 saturated heterocycles. The first-order valence-electron chi connectivity index (χ1n) is 6.93. The largest absolute Gasteiger partial charge is 0.297 e. The van der Waals surface area contributed by atoms with Crippen molar-refractivity contribution in [3.05, 3.63) is 51.6 Å². The Morgan fingerprint density at radius 3 is 2.81 bits per heavy atom. The molecule has 0 amide bonds. The van der Waals surface area contributed by atoms with Crippen molar-refractivity contribution in [1.29, 1.82) is 0 Å². The molecule has 0 fully saturated rings. The molecule has 2 aromatic rings. The average molecular weight is 285 g/mol. The zero-order valence-electron chi connectivity index (χ0n) is 11.7. The molecule has 0 spiro atoms. The third-order valence-electron chi connectivity index (χ3n) is 3.87. The number of carbonyl (C=O) groups excluding carboxylic acids is 1. The van der Waals surface area contributed by atoms with Crippen LogP contribution in [0.2, 0.25) is 0 Å². The molecule has 0 aliphatic heterocycles. The first kappa shape index (κ1) is 13.5. The number of benzene rings is 1. The number of nitro benzene ring substituents is 1. The quantitative estimate of drug-likeness (QED) is 0.493. The van der Waals surface area contributed by atoms with Gasteiger partial charge < -0.3 is 0 Å². The van der Waals surface area contributed by atoms with E-state index in [1.807, 2.05) is 0 Å². The van der Waals surface area contributed by atoms with Crippen molar-refractivity contribution in [3.63, 3.8) is 0 Å². The SMILES string of the molecule is CC(=O)c1ccc(-n2cnc3c2CCCC3)c([N+](=O)[O-])c1. The lowest BCUT2D eigenvalue weighted by atomic mass is 10.0. The number of aryl methyl sites for hydroxylation is 1. The van der Waals surface area contributed by atoms with Gasteiger partial charge in [0, 0.05) is 17.3 Å². The Morgan fingerprint density at radius 2 is 2.10 bits per heavy atom. The van der Waals surface area contributed by atoms with Gasteiger partial charge in [-0.2, -0.15) is 0 Å². The lowest BCUT2D eigenvalue weighted by Crippen LogP contribution is -2.09. The summed E-state index contributed by atoms with van der Waals surface area (Å²) in [6, 6.07) is 4.60. The van der Waals surface area contributed by atoms with Crippen molar-refractivity contribution in [3.8, 4) is 5.69 Å². The fourth-order valence-corrected chi connectivity index (χ4v) is 2.77. The van der Waals surface area contributed by atoms with E-state index < -0.39 is 4.92 Å². The summed E-state index contributed by atoms with van der Waals surface area (Å²) < 4.78 is 1.79. The van der Waals surface area contributed by atoms with Gasteiger partial charge in [-0.15, -0.1) is 0 Å². The standard InChI is InChI=1S/C15H15N3O3/c1-10(19)11-6-7-14(15(8-11)18(20)21)17-9-16-12-4-2-3-5-13(12)17/h6-9H,2-5H2,1H3. The molecule has 0 saturated carbocycles. The van der Waals surface area contributed by atoms with E-state index in [4.69, 9.17) is 0 Å². The van der Waals surface area contributed by atoms with Crippen LogP contribution in [0.15, 0.2) is 24.5 Å². The van der Waals surface area contributed by atoms with Gasteiger partial charge >= 0.3 is 0 Å². The van der Waals surface area contributed by atoms with E-state index in [1.54, 1.807) is 23.0 Å². The molecule has 1 aromatic heterocycles. The van der Waals surface area contributed by atoms with Crippen LogP contribution in [0.3, 0.4) is 0 Å². The second kappa shape index (κ2) is 5.12. The maximum absolute atomic E-state index is 11.4. The minimum absolute atomic E-state index is 0.0616. The maximum Gasteiger partial charge on any atom is 0.293 e. The highest BCUT2D eigenvalue weighted by molar-refractivity contribution is 5.95. The number of fused-ring (bicyclic) bond motifs is 1. The monoisotopic (exact) mass is 285 g/mol. The summed E-state index contributed by atoms with van der Waals surface area (Å²) in [5.74, 6) is -0.183. The van der Waals surface area contributed by atoms with Crippen LogP contribution in [0, 0.1) is 10.1 Å². The van der Waals surface area contributed by atoms with Gasteiger partial charge in [-0.1, -0.05) is 0 Å². The summed E-state index contributed by atoms with van der Waals surface area (Å²) in [5, 5.41) is 11.3. The molecule has 108 valence electrons. The Balaban J connectivity index is 2.16. The number of nitro groups is 1.